The molecular formula is C13H20O. The van der Waals surface area contributed by atoms with Gasteiger partial charge in [-0.2, -0.15) is 0 Å². The van der Waals surface area contributed by atoms with Crippen molar-refractivity contribution in [3.63, 3.8) is 0 Å². The van der Waals surface area contributed by atoms with Crippen LogP contribution in [0.1, 0.15) is 47.0 Å². The summed E-state index contributed by atoms with van der Waals surface area (Å²) < 4.78 is 0. The number of carbonyl (C=O) groups is 1. The Balaban J connectivity index is 2.37. The highest BCUT2D eigenvalue weighted by Gasteiger charge is 2.47. The molecule has 0 aromatic carbocycles. The Morgan fingerprint density at radius 2 is 2.00 bits per heavy atom. The summed E-state index contributed by atoms with van der Waals surface area (Å²) in [6.07, 6.45) is 5.34. The van der Waals surface area contributed by atoms with Crippen molar-refractivity contribution < 1.29 is 4.79 Å². The standard InChI is InChI=1S/C13H20O/c1-9-6-13(4)8-12(2,3)7-10(13)5-11(9)14/h5,9H,6-8H2,1-4H3. The first-order chi connectivity index (χ1) is 6.32. The van der Waals surface area contributed by atoms with Gasteiger partial charge < -0.3 is 0 Å². The van der Waals surface area contributed by atoms with Gasteiger partial charge in [0.25, 0.3) is 0 Å². The monoisotopic (exact) mass is 192 g/mol. The van der Waals surface area contributed by atoms with Crippen LogP contribution in [0, 0.1) is 16.7 Å². The molecule has 78 valence electrons. The zero-order valence-electron chi connectivity index (χ0n) is 9.68. The van der Waals surface area contributed by atoms with Crippen molar-refractivity contribution in [2.24, 2.45) is 16.7 Å². The number of carbonyl (C=O) groups excluding carboxylic acids is 1. The summed E-state index contributed by atoms with van der Waals surface area (Å²) in [6.45, 7) is 9.02. The summed E-state index contributed by atoms with van der Waals surface area (Å²) in [4.78, 5) is 11.6. The number of rotatable bonds is 0. The van der Waals surface area contributed by atoms with Crippen LogP contribution in [0.15, 0.2) is 11.6 Å². The minimum Gasteiger partial charge on any atom is -0.295 e. The van der Waals surface area contributed by atoms with Gasteiger partial charge in [0.05, 0.1) is 0 Å². The molecule has 0 amide bonds. The van der Waals surface area contributed by atoms with Crippen molar-refractivity contribution in [1.29, 1.82) is 0 Å². The van der Waals surface area contributed by atoms with Crippen molar-refractivity contribution in [2.75, 3.05) is 0 Å². The lowest BCUT2D eigenvalue weighted by atomic mass is 9.71. The van der Waals surface area contributed by atoms with E-state index in [0.29, 0.717) is 16.6 Å². The molecule has 2 unspecified atom stereocenters. The van der Waals surface area contributed by atoms with Crippen LogP contribution in [0.3, 0.4) is 0 Å². The van der Waals surface area contributed by atoms with Crippen molar-refractivity contribution in [2.45, 2.75) is 47.0 Å². The van der Waals surface area contributed by atoms with Gasteiger partial charge in [-0.25, -0.2) is 0 Å². The van der Waals surface area contributed by atoms with E-state index < -0.39 is 0 Å². The van der Waals surface area contributed by atoms with E-state index in [-0.39, 0.29) is 5.92 Å². The Bertz CT molecular complexity index is 311. The van der Waals surface area contributed by atoms with Crippen LogP contribution in [-0.2, 0) is 4.79 Å². The first kappa shape index (κ1) is 9.95. The lowest BCUT2D eigenvalue weighted by Crippen LogP contribution is -2.27. The number of allylic oxidation sites excluding steroid dienone is 2. The number of hydrogen-bond acceptors (Lipinski definition) is 1. The molecule has 1 nitrogen and oxygen atoms in total. The topological polar surface area (TPSA) is 17.1 Å². The maximum absolute atomic E-state index is 11.6. The fourth-order valence-electron chi connectivity index (χ4n) is 3.48. The van der Waals surface area contributed by atoms with Gasteiger partial charge in [-0.05, 0) is 36.2 Å². The number of hydrogen-bond donors (Lipinski definition) is 0. The van der Waals surface area contributed by atoms with Crippen LogP contribution in [0.5, 0.6) is 0 Å². The zero-order valence-corrected chi connectivity index (χ0v) is 9.68. The normalized spacial score (nSPS) is 40.7. The van der Waals surface area contributed by atoms with Crippen LogP contribution in [-0.4, -0.2) is 5.78 Å². The van der Waals surface area contributed by atoms with Gasteiger partial charge in [-0.1, -0.05) is 33.3 Å². The molecule has 0 N–H and O–H groups in total. The molecule has 0 aromatic heterocycles. The van der Waals surface area contributed by atoms with Crippen molar-refractivity contribution in [1.82, 2.24) is 0 Å². The molecule has 14 heavy (non-hydrogen) atoms. The third-order valence-corrected chi connectivity index (χ3v) is 3.87. The molecule has 1 saturated carbocycles. The van der Waals surface area contributed by atoms with Gasteiger partial charge in [-0.15, -0.1) is 0 Å². The minimum absolute atomic E-state index is 0.234. The molecule has 0 heterocycles. The molecule has 0 aliphatic heterocycles. The van der Waals surface area contributed by atoms with Crippen molar-refractivity contribution >= 4 is 5.78 Å². The molecule has 1 fully saturated rings. The molecule has 2 aliphatic rings. The number of fused-ring (bicyclic) bond motifs is 1. The maximum Gasteiger partial charge on any atom is 0.158 e. The predicted octanol–water partition coefficient (Wildman–Crippen LogP) is 3.35. The molecular weight excluding hydrogens is 172 g/mol. The third kappa shape index (κ3) is 1.43. The van der Waals surface area contributed by atoms with E-state index >= 15 is 0 Å². The van der Waals surface area contributed by atoms with Gasteiger partial charge >= 0.3 is 0 Å². The molecule has 2 atom stereocenters. The molecule has 1 heteroatoms. The van der Waals surface area contributed by atoms with E-state index in [1.807, 2.05) is 6.08 Å². The highest BCUT2D eigenvalue weighted by Crippen LogP contribution is 2.56. The molecule has 0 spiro atoms. The summed E-state index contributed by atoms with van der Waals surface area (Å²) >= 11 is 0. The Morgan fingerprint density at radius 1 is 1.36 bits per heavy atom. The lowest BCUT2D eigenvalue weighted by molar-refractivity contribution is -0.119. The van der Waals surface area contributed by atoms with Crippen molar-refractivity contribution in [3.05, 3.63) is 11.6 Å². The van der Waals surface area contributed by atoms with Gasteiger partial charge in [0.1, 0.15) is 0 Å². The van der Waals surface area contributed by atoms with Gasteiger partial charge in [0.15, 0.2) is 5.78 Å². The Morgan fingerprint density at radius 3 is 2.64 bits per heavy atom. The second kappa shape index (κ2) is 2.71. The van der Waals surface area contributed by atoms with E-state index in [4.69, 9.17) is 0 Å². The predicted molar refractivity (Wildman–Crippen MR) is 58.0 cm³/mol. The van der Waals surface area contributed by atoms with Crippen LogP contribution in [0.2, 0.25) is 0 Å². The highest BCUT2D eigenvalue weighted by molar-refractivity contribution is 5.93. The first-order valence-electron chi connectivity index (χ1n) is 5.57. The van der Waals surface area contributed by atoms with Gasteiger partial charge in [-0.3, -0.25) is 4.79 Å². The van der Waals surface area contributed by atoms with Crippen LogP contribution >= 0.6 is 0 Å². The van der Waals surface area contributed by atoms with E-state index in [9.17, 15) is 4.79 Å². The van der Waals surface area contributed by atoms with E-state index in [1.165, 1.54) is 12.0 Å². The van der Waals surface area contributed by atoms with E-state index in [0.717, 1.165) is 12.8 Å². The quantitative estimate of drug-likeness (QED) is 0.575. The first-order valence-corrected chi connectivity index (χ1v) is 5.57. The molecule has 2 aliphatic carbocycles. The average molecular weight is 192 g/mol. The lowest BCUT2D eigenvalue weighted by Gasteiger charge is -2.33. The van der Waals surface area contributed by atoms with E-state index in [2.05, 4.69) is 27.7 Å². The minimum atomic E-state index is 0.234. The van der Waals surface area contributed by atoms with Gasteiger partial charge in [0, 0.05) is 5.92 Å². The average Bonchev–Trinajstić information content (AvgIpc) is 2.19. The smallest absolute Gasteiger partial charge is 0.158 e. The number of ketones is 1. The summed E-state index contributed by atoms with van der Waals surface area (Å²) in [5.74, 6) is 0.577. The van der Waals surface area contributed by atoms with Crippen LogP contribution < -0.4 is 0 Å². The zero-order chi connectivity index (χ0) is 10.6. The maximum atomic E-state index is 11.6. The fourth-order valence-corrected chi connectivity index (χ4v) is 3.48. The van der Waals surface area contributed by atoms with Crippen molar-refractivity contribution in [3.8, 4) is 0 Å². The fraction of sp³-hybridized carbons (Fsp3) is 0.769. The largest absolute Gasteiger partial charge is 0.295 e. The summed E-state index contributed by atoms with van der Waals surface area (Å²) in [7, 11) is 0. The molecule has 0 aromatic rings. The third-order valence-electron chi connectivity index (χ3n) is 3.87. The SMILES string of the molecule is CC1CC2(C)CC(C)(C)CC2=CC1=O. The Labute approximate surface area is 86.6 Å². The Hall–Kier alpha value is -0.590. The summed E-state index contributed by atoms with van der Waals surface area (Å²) in [6, 6.07) is 0. The van der Waals surface area contributed by atoms with Crippen LogP contribution in [0.25, 0.3) is 0 Å². The Kier molecular flexibility index (Phi) is 1.93. The molecule has 0 saturated heterocycles. The summed E-state index contributed by atoms with van der Waals surface area (Å²) in [5, 5.41) is 0. The van der Waals surface area contributed by atoms with Gasteiger partial charge in [0.2, 0.25) is 0 Å². The van der Waals surface area contributed by atoms with Crippen LogP contribution in [0.4, 0.5) is 0 Å². The molecule has 0 bridgehead atoms. The molecule has 0 radical (unpaired) electrons. The second-order valence-corrected chi connectivity index (χ2v) is 6.26. The second-order valence-electron chi connectivity index (χ2n) is 6.26. The van der Waals surface area contributed by atoms with E-state index in [1.54, 1.807) is 0 Å². The highest BCUT2D eigenvalue weighted by atomic mass is 16.1. The summed E-state index contributed by atoms with van der Waals surface area (Å²) in [5.41, 5.74) is 2.12. The molecule has 2 rings (SSSR count).